The van der Waals surface area contributed by atoms with Gasteiger partial charge in [-0.2, -0.15) is 0 Å². The van der Waals surface area contributed by atoms with E-state index in [0.29, 0.717) is 0 Å². The molecule has 1 aliphatic rings. The largest absolute Gasteiger partial charge is 0.398 e. The predicted molar refractivity (Wildman–Crippen MR) is 217 cm³/mol. The molecule has 0 bridgehead atoms. The summed E-state index contributed by atoms with van der Waals surface area (Å²) in [6, 6.07) is 63.6. The number of fused-ring (bicyclic) bond motifs is 1. The lowest BCUT2D eigenvalue weighted by Crippen LogP contribution is -2.44. The smallest absolute Gasteiger partial charge is 0.131 e. The van der Waals surface area contributed by atoms with Crippen LogP contribution in [-0.4, -0.2) is 5.84 Å². The molecule has 4 heteroatoms. The Kier molecular flexibility index (Phi) is 9.54. The average molecular weight is 673 g/mol. The molecule has 4 nitrogen and oxygen atoms in total. The van der Waals surface area contributed by atoms with E-state index in [9.17, 15) is 0 Å². The highest BCUT2D eigenvalue weighted by molar-refractivity contribution is 5.99. The molecule has 1 aliphatic heterocycles. The molecule has 4 N–H and O–H groups in total. The van der Waals surface area contributed by atoms with Crippen molar-refractivity contribution in [3.05, 3.63) is 228 Å². The zero-order valence-corrected chi connectivity index (χ0v) is 28.9. The second-order valence-corrected chi connectivity index (χ2v) is 13.1. The minimum Gasteiger partial charge on any atom is -0.398 e. The summed E-state index contributed by atoms with van der Waals surface area (Å²) in [5, 5.41) is 9.69. The third-order valence-electron chi connectivity index (χ3n) is 9.59. The van der Waals surface area contributed by atoms with Crippen molar-refractivity contribution in [2.75, 3.05) is 0 Å². The summed E-state index contributed by atoms with van der Waals surface area (Å²) in [7, 11) is 0. The van der Waals surface area contributed by atoms with E-state index >= 15 is 0 Å². The molecule has 2 atom stereocenters. The summed E-state index contributed by atoms with van der Waals surface area (Å²) in [4.78, 5) is 5.13. The summed E-state index contributed by atoms with van der Waals surface area (Å²) in [5.41, 5.74) is 17.6. The molecule has 0 spiro atoms. The van der Waals surface area contributed by atoms with Crippen molar-refractivity contribution in [1.82, 2.24) is 10.6 Å². The molecule has 8 rings (SSSR count). The summed E-state index contributed by atoms with van der Waals surface area (Å²) in [5.74, 6) is 0.882. The van der Waals surface area contributed by atoms with Gasteiger partial charge in [0.05, 0.1) is 0 Å². The second kappa shape index (κ2) is 15.2. The number of nitrogens with zero attached hydrogens (tertiary/aromatic N) is 1. The van der Waals surface area contributed by atoms with E-state index in [2.05, 4.69) is 168 Å². The van der Waals surface area contributed by atoms with Crippen LogP contribution in [0.4, 0.5) is 0 Å². The van der Waals surface area contributed by atoms with Crippen LogP contribution in [0.15, 0.2) is 199 Å². The van der Waals surface area contributed by atoms with Gasteiger partial charge in [-0.05, 0) is 79.9 Å². The Bertz CT molecular complexity index is 2360. The number of hydrogen-bond acceptors (Lipinski definition) is 4. The van der Waals surface area contributed by atoms with Crippen LogP contribution in [0.1, 0.15) is 45.7 Å². The molecule has 52 heavy (non-hydrogen) atoms. The highest BCUT2D eigenvalue weighted by atomic mass is 15.3. The molecule has 0 radical (unpaired) electrons. The summed E-state index contributed by atoms with van der Waals surface area (Å²) in [6.45, 7) is 0. The highest BCUT2D eigenvalue weighted by Crippen LogP contribution is 2.31. The average Bonchev–Trinajstić information content (AvgIpc) is 3.23. The third-order valence-corrected chi connectivity index (χ3v) is 9.59. The maximum Gasteiger partial charge on any atom is 0.131 e. The monoisotopic (exact) mass is 672 g/mol. The van der Waals surface area contributed by atoms with Gasteiger partial charge in [-0.25, -0.2) is 4.99 Å². The standard InChI is InChI=1S/C48H40N4/c49-45(33-43(35-15-7-2-8-16-35)22-21-34-13-5-1-6-14-34)37-25-23-36(24-26-37)40-27-28-42-32-44(30-29-41(42)31-40)48-51-46(38-17-9-3-10-18-38)50-47(52-48)39-19-11-4-12-20-39/h1-20,22-33,46,48,51H,21,49H2,(H,50,52)/b43-22+,45-33-. The fourth-order valence-electron chi connectivity index (χ4n) is 6.74. The second-order valence-electron chi connectivity index (χ2n) is 13.1. The van der Waals surface area contributed by atoms with Gasteiger partial charge >= 0.3 is 0 Å². The fraction of sp³-hybridized carbons (Fsp3) is 0.0625. The predicted octanol–water partition coefficient (Wildman–Crippen LogP) is 10.5. The molecule has 0 saturated heterocycles. The summed E-state index contributed by atoms with van der Waals surface area (Å²) in [6.07, 6.45) is 4.91. The van der Waals surface area contributed by atoms with Crippen molar-refractivity contribution in [1.29, 1.82) is 0 Å². The number of nitrogens with two attached hydrogens (primary N) is 1. The van der Waals surface area contributed by atoms with Crippen LogP contribution in [0.3, 0.4) is 0 Å². The van der Waals surface area contributed by atoms with Crippen LogP contribution < -0.4 is 16.4 Å². The van der Waals surface area contributed by atoms with Gasteiger partial charge in [0.2, 0.25) is 0 Å². The maximum atomic E-state index is 6.73. The van der Waals surface area contributed by atoms with E-state index < -0.39 is 0 Å². The van der Waals surface area contributed by atoms with E-state index in [1.807, 2.05) is 36.4 Å². The maximum absolute atomic E-state index is 6.73. The normalized spacial score (nSPS) is 16.3. The molecule has 0 aliphatic carbocycles. The van der Waals surface area contributed by atoms with Gasteiger partial charge in [0, 0.05) is 11.3 Å². The first-order chi connectivity index (χ1) is 25.7. The van der Waals surface area contributed by atoms with Gasteiger partial charge in [-0.3, -0.25) is 5.32 Å². The molecule has 0 saturated carbocycles. The van der Waals surface area contributed by atoms with Gasteiger partial charge in [0.1, 0.15) is 18.2 Å². The quantitative estimate of drug-likeness (QED) is 0.134. The SMILES string of the molecule is N/C(=C\C(=C/Cc1ccccc1)c1ccccc1)c1ccc(-c2ccc3cc(C4N=C(c5ccccc5)NC(c5ccccc5)N4)ccc3c2)cc1. The molecule has 2 unspecified atom stereocenters. The van der Waals surface area contributed by atoms with E-state index in [-0.39, 0.29) is 12.3 Å². The zero-order valence-electron chi connectivity index (χ0n) is 28.9. The van der Waals surface area contributed by atoms with Crippen LogP contribution >= 0.6 is 0 Å². The molecule has 0 fully saturated rings. The van der Waals surface area contributed by atoms with Gasteiger partial charge in [-0.15, -0.1) is 0 Å². The van der Waals surface area contributed by atoms with Crippen molar-refractivity contribution in [3.63, 3.8) is 0 Å². The number of amidine groups is 1. The lowest BCUT2D eigenvalue weighted by Gasteiger charge is -2.32. The molecule has 0 aromatic heterocycles. The lowest BCUT2D eigenvalue weighted by atomic mass is 9.97. The van der Waals surface area contributed by atoms with Crippen LogP contribution in [0.5, 0.6) is 0 Å². The zero-order chi connectivity index (χ0) is 35.1. The van der Waals surface area contributed by atoms with E-state index in [1.165, 1.54) is 21.9 Å². The van der Waals surface area contributed by atoms with E-state index in [1.54, 1.807) is 0 Å². The van der Waals surface area contributed by atoms with Gasteiger partial charge < -0.3 is 11.1 Å². The third kappa shape index (κ3) is 7.48. The Morgan fingerprint density at radius 1 is 0.558 bits per heavy atom. The van der Waals surface area contributed by atoms with Crippen molar-refractivity contribution in [2.45, 2.75) is 18.8 Å². The number of benzene rings is 7. The summed E-state index contributed by atoms with van der Waals surface area (Å²) >= 11 is 0. The van der Waals surface area contributed by atoms with Crippen LogP contribution in [0, 0.1) is 0 Å². The molecule has 7 aromatic rings. The van der Waals surface area contributed by atoms with Gasteiger partial charge in [0.15, 0.2) is 0 Å². The highest BCUT2D eigenvalue weighted by Gasteiger charge is 2.25. The minimum atomic E-state index is -0.201. The van der Waals surface area contributed by atoms with Crippen molar-refractivity contribution >= 4 is 27.9 Å². The first kappa shape index (κ1) is 32.7. The molecular weight excluding hydrogens is 633 g/mol. The number of hydrogen-bond donors (Lipinski definition) is 3. The Morgan fingerprint density at radius 3 is 1.90 bits per heavy atom. The summed E-state index contributed by atoms with van der Waals surface area (Å²) < 4.78 is 0. The Balaban J connectivity index is 1.03. The molecule has 252 valence electrons. The van der Waals surface area contributed by atoms with Crippen LogP contribution in [0.25, 0.3) is 33.2 Å². The van der Waals surface area contributed by atoms with Crippen molar-refractivity contribution in [2.24, 2.45) is 10.7 Å². The Morgan fingerprint density at radius 2 is 1.17 bits per heavy atom. The van der Waals surface area contributed by atoms with Gasteiger partial charge in [-0.1, -0.05) is 176 Å². The molecule has 0 amide bonds. The van der Waals surface area contributed by atoms with Crippen LogP contribution in [-0.2, 0) is 6.42 Å². The lowest BCUT2D eigenvalue weighted by molar-refractivity contribution is 0.409. The number of aliphatic imine (C=N–C) groups is 1. The van der Waals surface area contributed by atoms with Gasteiger partial charge in [0.25, 0.3) is 0 Å². The Labute approximate surface area is 305 Å². The molecule has 7 aromatic carbocycles. The molecular formula is C48H40N4. The number of rotatable bonds is 9. The van der Waals surface area contributed by atoms with E-state index in [4.69, 9.17) is 10.7 Å². The van der Waals surface area contributed by atoms with Crippen LogP contribution in [0.2, 0.25) is 0 Å². The fourth-order valence-corrected chi connectivity index (χ4v) is 6.74. The number of allylic oxidation sites excluding steroid dienone is 3. The molecule has 1 heterocycles. The van der Waals surface area contributed by atoms with E-state index in [0.717, 1.165) is 56.9 Å². The number of nitrogens with one attached hydrogen (secondary N) is 2. The minimum absolute atomic E-state index is 0.0703. The first-order valence-corrected chi connectivity index (χ1v) is 17.8. The first-order valence-electron chi connectivity index (χ1n) is 17.8. The Hall–Kier alpha value is -6.49. The van der Waals surface area contributed by atoms with Crippen molar-refractivity contribution in [3.8, 4) is 11.1 Å². The topological polar surface area (TPSA) is 62.4 Å². The van der Waals surface area contributed by atoms with Crippen molar-refractivity contribution < 1.29 is 0 Å².